The standard InChI is InChI=1S/C9H10ClNO3/c10-8-5(7(11)4-12)2-1-3-6(8)9(13)14/h1-3,7,12H,4,11H2,(H,13,14)/t7-/m1/s1. The molecule has 1 aromatic rings. The molecule has 0 radical (unpaired) electrons. The van der Waals surface area contributed by atoms with Crippen molar-refractivity contribution in [2.75, 3.05) is 6.61 Å². The molecule has 1 rings (SSSR count). The van der Waals surface area contributed by atoms with Gasteiger partial charge in [-0.1, -0.05) is 23.7 Å². The minimum absolute atomic E-state index is 0.00642. The number of carbonyl (C=O) groups is 1. The Hall–Kier alpha value is -1.10. The largest absolute Gasteiger partial charge is 0.478 e. The fraction of sp³-hybridized carbons (Fsp3) is 0.222. The van der Waals surface area contributed by atoms with Gasteiger partial charge in [0.05, 0.1) is 23.2 Å². The van der Waals surface area contributed by atoms with Crippen molar-refractivity contribution in [2.24, 2.45) is 5.73 Å². The summed E-state index contributed by atoms with van der Waals surface area (Å²) in [6, 6.07) is 3.87. The number of halogens is 1. The average Bonchev–Trinajstić information content (AvgIpc) is 2.16. The summed E-state index contributed by atoms with van der Waals surface area (Å²) >= 11 is 5.81. The summed E-state index contributed by atoms with van der Waals surface area (Å²) in [6.07, 6.45) is 0. The first kappa shape index (κ1) is 11.0. The Balaban J connectivity index is 3.20. The molecule has 1 atom stereocenters. The van der Waals surface area contributed by atoms with E-state index in [4.69, 9.17) is 27.5 Å². The zero-order valence-corrected chi connectivity index (χ0v) is 8.03. The third kappa shape index (κ3) is 2.04. The highest BCUT2D eigenvalue weighted by Crippen LogP contribution is 2.25. The van der Waals surface area contributed by atoms with Crippen LogP contribution in [0.25, 0.3) is 0 Å². The van der Waals surface area contributed by atoms with Crippen molar-refractivity contribution in [3.63, 3.8) is 0 Å². The molecule has 76 valence electrons. The van der Waals surface area contributed by atoms with Crippen molar-refractivity contribution in [3.8, 4) is 0 Å². The van der Waals surface area contributed by atoms with E-state index in [1.54, 1.807) is 12.1 Å². The second-order valence-electron chi connectivity index (χ2n) is 2.80. The number of aliphatic hydroxyl groups is 1. The molecule has 4 N–H and O–H groups in total. The van der Waals surface area contributed by atoms with Gasteiger partial charge in [0.1, 0.15) is 0 Å². The zero-order valence-electron chi connectivity index (χ0n) is 7.27. The Labute approximate surface area is 85.9 Å². The molecule has 0 fully saturated rings. The summed E-state index contributed by atoms with van der Waals surface area (Å²) in [6.45, 7) is -0.275. The lowest BCUT2D eigenvalue weighted by atomic mass is 10.1. The van der Waals surface area contributed by atoms with Crippen LogP contribution in [-0.2, 0) is 0 Å². The molecule has 0 spiro atoms. The highest BCUT2D eigenvalue weighted by molar-refractivity contribution is 6.34. The first-order valence-corrected chi connectivity index (χ1v) is 4.34. The summed E-state index contributed by atoms with van der Waals surface area (Å²) in [5.74, 6) is -1.11. The minimum Gasteiger partial charge on any atom is -0.478 e. The maximum absolute atomic E-state index is 10.7. The molecule has 5 heteroatoms. The van der Waals surface area contributed by atoms with Crippen LogP contribution in [0, 0.1) is 0 Å². The maximum Gasteiger partial charge on any atom is 0.337 e. The molecule has 0 saturated heterocycles. The van der Waals surface area contributed by atoms with Gasteiger partial charge in [0.2, 0.25) is 0 Å². The third-order valence-corrected chi connectivity index (χ3v) is 2.28. The molecular formula is C9H10ClNO3. The van der Waals surface area contributed by atoms with Gasteiger partial charge in [-0.3, -0.25) is 0 Å². The fourth-order valence-electron chi connectivity index (χ4n) is 1.10. The Morgan fingerprint density at radius 1 is 1.57 bits per heavy atom. The number of carboxylic acid groups (broad SMARTS) is 1. The zero-order chi connectivity index (χ0) is 10.7. The average molecular weight is 216 g/mol. The molecule has 0 saturated carbocycles. The molecule has 0 aliphatic rings. The molecule has 0 aliphatic carbocycles. The third-order valence-electron chi connectivity index (χ3n) is 1.86. The van der Waals surface area contributed by atoms with Crippen molar-refractivity contribution in [3.05, 3.63) is 34.3 Å². The monoisotopic (exact) mass is 215 g/mol. The fourth-order valence-corrected chi connectivity index (χ4v) is 1.45. The molecule has 0 heterocycles. The number of hydrogen-bond acceptors (Lipinski definition) is 3. The molecule has 0 unspecified atom stereocenters. The lowest BCUT2D eigenvalue weighted by Crippen LogP contribution is -2.16. The van der Waals surface area contributed by atoms with Crippen LogP contribution in [0.5, 0.6) is 0 Å². The van der Waals surface area contributed by atoms with Gasteiger partial charge in [-0.15, -0.1) is 0 Å². The van der Waals surface area contributed by atoms with Gasteiger partial charge in [-0.2, -0.15) is 0 Å². The molecule has 14 heavy (non-hydrogen) atoms. The second-order valence-corrected chi connectivity index (χ2v) is 3.18. The van der Waals surface area contributed by atoms with Gasteiger partial charge < -0.3 is 15.9 Å². The van der Waals surface area contributed by atoms with Gasteiger partial charge in [-0.25, -0.2) is 4.79 Å². The summed E-state index contributed by atoms with van der Waals surface area (Å²) in [4.78, 5) is 10.7. The van der Waals surface area contributed by atoms with Crippen LogP contribution in [0.2, 0.25) is 5.02 Å². The lowest BCUT2D eigenvalue weighted by molar-refractivity contribution is 0.0697. The van der Waals surface area contributed by atoms with E-state index < -0.39 is 12.0 Å². The van der Waals surface area contributed by atoms with Crippen LogP contribution in [0.15, 0.2) is 18.2 Å². The molecule has 4 nitrogen and oxygen atoms in total. The Morgan fingerprint density at radius 3 is 2.71 bits per heavy atom. The van der Waals surface area contributed by atoms with Crippen LogP contribution in [0.1, 0.15) is 22.0 Å². The van der Waals surface area contributed by atoms with Crippen molar-refractivity contribution >= 4 is 17.6 Å². The molecule has 0 aliphatic heterocycles. The number of rotatable bonds is 3. The normalized spacial score (nSPS) is 12.5. The van der Waals surface area contributed by atoms with E-state index in [0.717, 1.165) is 0 Å². The maximum atomic E-state index is 10.7. The number of hydrogen-bond donors (Lipinski definition) is 3. The van der Waals surface area contributed by atoms with Gasteiger partial charge in [0.25, 0.3) is 0 Å². The van der Waals surface area contributed by atoms with E-state index in [9.17, 15) is 4.79 Å². The van der Waals surface area contributed by atoms with Crippen LogP contribution >= 0.6 is 11.6 Å². The Kier molecular flexibility index (Phi) is 3.46. The number of nitrogens with two attached hydrogens (primary N) is 1. The Bertz CT molecular complexity index is 354. The highest BCUT2D eigenvalue weighted by atomic mass is 35.5. The predicted molar refractivity (Wildman–Crippen MR) is 52.4 cm³/mol. The number of benzene rings is 1. The van der Waals surface area contributed by atoms with Crippen molar-refractivity contribution in [1.29, 1.82) is 0 Å². The first-order chi connectivity index (χ1) is 6.57. The van der Waals surface area contributed by atoms with E-state index in [0.29, 0.717) is 5.56 Å². The van der Waals surface area contributed by atoms with Crippen molar-refractivity contribution in [2.45, 2.75) is 6.04 Å². The highest BCUT2D eigenvalue weighted by Gasteiger charge is 2.15. The van der Waals surface area contributed by atoms with Gasteiger partial charge in [0.15, 0.2) is 0 Å². The van der Waals surface area contributed by atoms with Gasteiger partial charge in [0, 0.05) is 0 Å². The van der Waals surface area contributed by atoms with Crippen molar-refractivity contribution < 1.29 is 15.0 Å². The number of aliphatic hydroxyl groups excluding tert-OH is 1. The first-order valence-electron chi connectivity index (χ1n) is 3.96. The smallest absolute Gasteiger partial charge is 0.337 e. The molecule has 1 aromatic carbocycles. The summed E-state index contributed by atoms with van der Waals surface area (Å²) in [5, 5.41) is 17.7. The van der Waals surface area contributed by atoms with Crippen molar-refractivity contribution in [1.82, 2.24) is 0 Å². The van der Waals surface area contributed by atoms with Crippen LogP contribution < -0.4 is 5.73 Å². The minimum atomic E-state index is -1.11. The number of carboxylic acids is 1. The van der Waals surface area contributed by atoms with Gasteiger partial charge >= 0.3 is 5.97 Å². The lowest BCUT2D eigenvalue weighted by Gasteiger charge is -2.11. The van der Waals surface area contributed by atoms with E-state index in [1.807, 2.05) is 0 Å². The van der Waals surface area contributed by atoms with E-state index in [-0.39, 0.29) is 17.2 Å². The van der Waals surface area contributed by atoms with Crippen LogP contribution in [0.4, 0.5) is 0 Å². The van der Waals surface area contributed by atoms with E-state index in [2.05, 4.69) is 0 Å². The molecule has 0 bridgehead atoms. The van der Waals surface area contributed by atoms with Crippen LogP contribution in [0.3, 0.4) is 0 Å². The SMILES string of the molecule is N[C@H](CO)c1cccc(C(=O)O)c1Cl. The van der Waals surface area contributed by atoms with E-state index >= 15 is 0 Å². The second kappa shape index (κ2) is 4.41. The summed E-state index contributed by atoms with van der Waals surface area (Å²) < 4.78 is 0. The summed E-state index contributed by atoms with van der Waals surface area (Å²) in [5.41, 5.74) is 5.97. The predicted octanol–water partition coefficient (Wildman–Crippen LogP) is 1.03. The van der Waals surface area contributed by atoms with Gasteiger partial charge in [-0.05, 0) is 11.6 Å². The molecular weight excluding hydrogens is 206 g/mol. The molecule has 0 amide bonds. The Morgan fingerprint density at radius 2 is 2.21 bits per heavy atom. The van der Waals surface area contributed by atoms with E-state index in [1.165, 1.54) is 6.07 Å². The number of aromatic carboxylic acids is 1. The van der Waals surface area contributed by atoms with Crippen LogP contribution in [-0.4, -0.2) is 22.8 Å². The molecule has 0 aromatic heterocycles. The quantitative estimate of drug-likeness (QED) is 0.703. The topological polar surface area (TPSA) is 83.5 Å². The summed E-state index contributed by atoms with van der Waals surface area (Å²) in [7, 11) is 0.